The fraction of sp³-hybridized carbons (Fsp3) is 0.500. The van der Waals surface area contributed by atoms with Crippen LogP contribution in [0.5, 0.6) is 0 Å². The third-order valence-corrected chi connectivity index (χ3v) is 6.28. The highest BCUT2D eigenvalue weighted by Crippen LogP contribution is 2.43. The van der Waals surface area contributed by atoms with Crippen molar-refractivity contribution in [3.8, 4) is 0 Å². The highest BCUT2D eigenvalue weighted by Gasteiger charge is 2.28. The number of hydrogen-bond donors (Lipinski definition) is 0. The van der Waals surface area contributed by atoms with Crippen LogP contribution in [0.1, 0.15) is 61.3 Å². The van der Waals surface area contributed by atoms with Gasteiger partial charge in [-0.05, 0) is 61.3 Å². The Morgan fingerprint density at radius 2 is 1.91 bits per heavy atom. The number of nitrogens with zero attached hydrogens (tertiary/aromatic N) is 1. The van der Waals surface area contributed by atoms with Crippen molar-refractivity contribution in [3.63, 3.8) is 0 Å². The molecule has 0 bridgehead atoms. The highest BCUT2D eigenvalue weighted by atomic mass is 32.2. The fourth-order valence-electron chi connectivity index (χ4n) is 3.75. The van der Waals surface area contributed by atoms with Gasteiger partial charge in [0.2, 0.25) is 0 Å². The zero-order valence-corrected chi connectivity index (χ0v) is 13.9. The number of rotatable bonds is 2. The zero-order valence-electron chi connectivity index (χ0n) is 13.1. The predicted molar refractivity (Wildman–Crippen MR) is 88.2 cm³/mol. The second-order valence-corrected chi connectivity index (χ2v) is 8.92. The lowest BCUT2D eigenvalue weighted by molar-refractivity contribution is 0.588. The number of hydrogen-bond acceptors (Lipinski definition) is 3. The van der Waals surface area contributed by atoms with Crippen molar-refractivity contribution in [1.29, 1.82) is 0 Å². The van der Waals surface area contributed by atoms with Gasteiger partial charge >= 0.3 is 0 Å². The molecule has 0 spiro atoms. The summed E-state index contributed by atoms with van der Waals surface area (Å²) in [5, 5.41) is 1.93. The van der Waals surface area contributed by atoms with Gasteiger partial charge in [-0.3, -0.25) is 4.98 Å². The molecular formula is C18H21NO2S. The van der Waals surface area contributed by atoms with Crippen molar-refractivity contribution in [2.45, 2.75) is 55.8 Å². The molecule has 1 heterocycles. The van der Waals surface area contributed by atoms with Crippen LogP contribution < -0.4 is 0 Å². The van der Waals surface area contributed by atoms with Crippen LogP contribution in [0.4, 0.5) is 0 Å². The first kappa shape index (κ1) is 14.2. The van der Waals surface area contributed by atoms with E-state index in [1.807, 2.05) is 18.3 Å². The smallest absolute Gasteiger partial charge is 0.176 e. The van der Waals surface area contributed by atoms with E-state index in [0.29, 0.717) is 16.7 Å². The Morgan fingerprint density at radius 3 is 2.59 bits per heavy atom. The molecule has 0 saturated heterocycles. The van der Waals surface area contributed by atoms with Gasteiger partial charge in [-0.15, -0.1) is 0 Å². The minimum Gasteiger partial charge on any atom is -0.260 e. The molecule has 4 heteroatoms. The third kappa shape index (κ3) is 2.24. The molecule has 1 unspecified atom stereocenters. The van der Waals surface area contributed by atoms with Crippen LogP contribution in [0.25, 0.3) is 10.8 Å². The summed E-state index contributed by atoms with van der Waals surface area (Å²) >= 11 is 0. The normalized spacial score (nSPS) is 21.8. The van der Waals surface area contributed by atoms with Crippen LogP contribution >= 0.6 is 0 Å². The maximum atomic E-state index is 12.3. The summed E-state index contributed by atoms with van der Waals surface area (Å²) in [6, 6.07) is 3.97. The van der Waals surface area contributed by atoms with Gasteiger partial charge in [-0.25, -0.2) is 8.42 Å². The lowest BCUT2D eigenvalue weighted by Gasteiger charge is -2.25. The molecule has 1 atom stereocenters. The first-order chi connectivity index (χ1) is 10.4. The van der Waals surface area contributed by atoms with Gasteiger partial charge in [0.15, 0.2) is 9.84 Å². The van der Waals surface area contributed by atoms with Crippen LogP contribution in [-0.2, 0) is 16.3 Å². The summed E-state index contributed by atoms with van der Waals surface area (Å²) in [6.07, 6.45) is 8.93. The summed E-state index contributed by atoms with van der Waals surface area (Å²) in [5.41, 5.74) is 3.58. The molecule has 1 saturated carbocycles. The standard InChI is InChI=1S/C18H21NO2S/c1-11-4-3-5-13-14(11)9-18(22(2,20)21)15-8-17(12-6-7-12)19-10-16(13)15/h8-12H,3-7H2,1-2H3. The van der Waals surface area contributed by atoms with Gasteiger partial charge in [0.1, 0.15) is 0 Å². The third-order valence-electron chi connectivity index (χ3n) is 5.14. The van der Waals surface area contributed by atoms with Gasteiger partial charge in [0.05, 0.1) is 4.90 Å². The summed E-state index contributed by atoms with van der Waals surface area (Å²) in [7, 11) is -3.24. The predicted octanol–water partition coefficient (Wildman–Crippen LogP) is 3.96. The van der Waals surface area contributed by atoms with Crippen molar-refractivity contribution >= 4 is 20.6 Å². The van der Waals surface area contributed by atoms with Gasteiger partial charge in [-0.2, -0.15) is 0 Å². The molecule has 0 N–H and O–H groups in total. The van der Waals surface area contributed by atoms with Gasteiger partial charge in [0, 0.05) is 34.8 Å². The van der Waals surface area contributed by atoms with Crippen molar-refractivity contribution in [1.82, 2.24) is 4.98 Å². The monoisotopic (exact) mass is 315 g/mol. The number of aromatic nitrogens is 1. The van der Waals surface area contributed by atoms with Crippen molar-refractivity contribution in [2.75, 3.05) is 6.26 Å². The lowest BCUT2D eigenvalue weighted by atomic mass is 9.82. The second-order valence-electron chi connectivity index (χ2n) is 6.94. The molecular weight excluding hydrogens is 294 g/mol. The number of aryl methyl sites for hydroxylation is 1. The zero-order chi connectivity index (χ0) is 15.5. The summed E-state index contributed by atoms with van der Waals surface area (Å²) < 4.78 is 24.6. The van der Waals surface area contributed by atoms with E-state index in [4.69, 9.17) is 0 Å². The molecule has 0 radical (unpaired) electrons. The topological polar surface area (TPSA) is 47.0 Å². The molecule has 4 rings (SSSR count). The lowest BCUT2D eigenvalue weighted by Crippen LogP contribution is -2.11. The summed E-state index contributed by atoms with van der Waals surface area (Å²) in [5.74, 6) is 0.962. The van der Waals surface area contributed by atoms with Crippen molar-refractivity contribution in [3.05, 3.63) is 35.2 Å². The molecule has 0 amide bonds. The van der Waals surface area contributed by atoms with Crippen LogP contribution in [0.2, 0.25) is 0 Å². The minimum absolute atomic E-state index is 0.428. The Morgan fingerprint density at radius 1 is 1.14 bits per heavy atom. The largest absolute Gasteiger partial charge is 0.260 e. The first-order valence-corrected chi connectivity index (χ1v) is 10.00. The van der Waals surface area contributed by atoms with E-state index in [1.54, 1.807) is 0 Å². The number of sulfone groups is 1. The minimum atomic E-state index is -3.24. The molecule has 2 aliphatic carbocycles. The van der Waals surface area contributed by atoms with Crippen LogP contribution in [0.15, 0.2) is 23.2 Å². The molecule has 2 aromatic rings. The highest BCUT2D eigenvalue weighted by molar-refractivity contribution is 7.91. The summed E-state index contributed by atoms with van der Waals surface area (Å²) in [4.78, 5) is 5.12. The first-order valence-electron chi connectivity index (χ1n) is 8.10. The van der Waals surface area contributed by atoms with Crippen molar-refractivity contribution < 1.29 is 8.42 Å². The van der Waals surface area contributed by atoms with Crippen LogP contribution in [0, 0.1) is 0 Å². The average Bonchev–Trinajstić information content (AvgIpc) is 3.30. The van der Waals surface area contributed by atoms with E-state index in [2.05, 4.69) is 11.9 Å². The summed E-state index contributed by atoms with van der Waals surface area (Å²) in [6.45, 7) is 2.20. The Kier molecular flexibility index (Phi) is 3.09. The van der Waals surface area contributed by atoms with Crippen molar-refractivity contribution in [2.24, 2.45) is 0 Å². The molecule has 2 aliphatic rings. The maximum absolute atomic E-state index is 12.3. The molecule has 1 aromatic carbocycles. The molecule has 116 valence electrons. The number of fused-ring (bicyclic) bond motifs is 3. The van der Waals surface area contributed by atoms with E-state index in [9.17, 15) is 8.42 Å². The van der Waals surface area contributed by atoms with E-state index >= 15 is 0 Å². The van der Waals surface area contributed by atoms with E-state index in [0.717, 1.165) is 29.3 Å². The molecule has 3 nitrogen and oxygen atoms in total. The SMILES string of the molecule is CC1CCCc2c1cc(S(C)(=O)=O)c1cc(C3CC3)ncc21. The number of benzene rings is 1. The average molecular weight is 315 g/mol. The molecule has 1 fully saturated rings. The Bertz CT molecular complexity index is 866. The maximum Gasteiger partial charge on any atom is 0.176 e. The van der Waals surface area contributed by atoms with E-state index in [-0.39, 0.29) is 0 Å². The van der Waals surface area contributed by atoms with E-state index < -0.39 is 9.84 Å². The van der Waals surface area contributed by atoms with Gasteiger partial charge < -0.3 is 0 Å². The number of pyridine rings is 1. The quantitative estimate of drug-likeness (QED) is 0.843. The van der Waals surface area contributed by atoms with E-state index in [1.165, 1.54) is 36.6 Å². The van der Waals surface area contributed by atoms with Gasteiger partial charge in [-0.1, -0.05) is 6.92 Å². The molecule has 22 heavy (non-hydrogen) atoms. The molecule has 1 aromatic heterocycles. The van der Waals surface area contributed by atoms with Gasteiger partial charge in [0.25, 0.3) is 0 Å². The fourth-order valence-corrected chi connectivity index (χ4v) is 4.66. The second kappa shape index (κ2) is 4.79. The van der Waals surface area contributed by atoms with Crippen LogP contribution in [0.3, 0.4) is 0 Å². The Hall–Kier alpha value is -1.42. The Labute approximate surface area is 131 Å². The van der Waals surface area contributed by atoms with Crippen LogP contribution in [-0.4, -0.2) is 19.7 Å². The molecule has 0 aliphatic heterocycles. The Balaban J connectivity index is 2.07.